The summed E-state index contributed by atoms with van der Waals surface area (Å²) in [4.78, 5) is 53.0. The van der Waals surface area contributed by atoms with Crippen LogP contribution in [0.25, 0.3) is 0 Å². The molecule has 0 radical (unpaired) electrons. The number of carbonyl (C=O) groups excluding carboxylic acids is 4. The lowest BCUT2D eigenvalue weighted by Gasteiger charge is -2.40. The molecule has 10 heteroatoms. The molecule has 1 fully saturated rings. The van der Waals surface area contributed by atoms with Crippen LogP contribution in [0.3, 0.4) is 0 Å². The van der Waals surface area contributed by atoms with Crippen LogP contribution in [0.5, 0.6) is 0 Å². The Bertz CT molecular complexity index is 875. The van der Waals surface area contributed by atoms with Gasteiger partial charge < -0.3 is 24.4 Å². The number of piperazine rings is 1. The van der Waals surface area contributed by atoms with Crippen molar-refractivity contribution in [3.8, 4) is 0 Å². The molecule has 0 unspecified atom stereocenters. The van der Waals surface area contributed by atoms with Crippen molar-refractivity contribution in [3.05, 3.63) is 35.9 Å². The van der Waals surface area contributed by atoms with E-state index in [9.17, 15) is 19.2 Å². The highest BCUT2D eigenvalue weighted by molar-refractivity contribution is 5.89. The molecule has 34 heavy (non-hydrogen) atoms. The zero-order chi connectivity index (χ0) is 25.5. The predicted molar refractivity (Wildman–Crippen MR) is 124 cm³/mol. The van der Waals surface area contributed by atoms with Crippen LogP contribution in [0.15, 0.2) is 30.3 Å². The van der Waals surface area contributed by atoms with Crippen molar-refractivity contribution in [2.24, 2.45) is 0 Å². The molecule has 1 heterocycles. The fourth-order valence-electron chi connectivity index (χ4n) is 3.10. The zero-order valence-corrected chi connectivity index (χ0v) is 20.8. The van der Waals surface area contributed by atoms with Crippen LogP contribution >= 0.6 is 0 Å². The van der Waals surface area contributed by atoms with E-state index in [4.69, 9.17) is 14.2 Å². The molecule has 188 valence electrons. The Kier molecular flexibility index (Phi) is 8.89. The maximum absolute atomic E-state index is 13.0. The van der Waals surface area contributed by atoms with E-state index in [1.165, 1.54) is 9.80 Å². The molecule has 1 N–H and O–H groups in total. The molecule has 1 aromatic rings. The molecular formula is C24H35N3O7. The second kappa shape index (κ2) is 11.2. The van der Waals surface area contributed by atoms with E-state index in [1.54, 1.807) is 41.5 Å². The van der Waals surface area contributed by atoms with Crippen molar-refractivity contribution in [3.63, 3.8) is 0 Å². The molecule has 1 aromatic carbocycles. The number of esters is 1. The maximum atomic E-state index is 13.0. The molecule has 0 bridgehead atoms. The van der Waals surface area contributed by atoms with Crippen LogP contribution in [0.2, 0.25) is 0 Å². The van der Waals surface area contributed by atoms with Gasteiger partial charge in [-0.2, -0.15) is 0 Å². The summed E-state index contributed by atoms with van der Waals surface area (Å²) >= 11 is 0. The molecule has 1 aliphatic rings. The molecule has 0 spiro atoms. The SMILES string of the molecule is CC(C)(C)OC(=O)N1CCN(C(=O)OC(C)(C)C)[C@@H](C(=O)NCC(=O)OCc2ccccc2)C1. The number of hydrogen-bond acceptors (Lipinski definition) is 7. The van der Waals surface area contributed by atoms with E-state index >= 15 is 0 Å². The molecule has 0 aromatic heterocycles. The number of ether oxygens (including phenoxy) is 3. The number of hydrogen-bond donors (Lipinski definition) is 1. The van der Waals surface area contributed by atoms with Crippen molar-refractivity contribution in [1.29, 1.82) is 0 Å². The van der Waals surface area contributed by atoms with E-state index < -0.39 is 41.3 Å². The number of nitrogens with one attached hydrogen (secondary N) is 1. The fraction of sp³-hybridized carbons (Fsp3) is 0.583. The summed E-state index contributed by atoms with van der Waals surface area (Å²) in [6, 6.07) is 8.09. The van der Waals surface area contributed by atoms with Gasteiger partial charge in [0, 0.05) is 13.1 Å². The Morgan fingerprint density at radius 2 is 1.50 bits per heavy atom. The quantitative estimate of drug-likeness (QED) is 0.512. The summed E-state index contributed by atoms with van der Waals surface area (Å²) in [7, 11) is 0. The number of benzene rings is 1. The van der Waals surface area contributed by atoms with Gasteiger partial charge in [-0.15, -0.1) is 0 Å². The summed E-state index contributed by atoms with van der Waals surface area (Å²) < 4.78 is 16.0. The van der Waals surface area contributed by atoms with Gasteiger partial charge in [0.2, 0.25) is 5.91 Å². The van der Waals surface area contributed by atoms with E-state index in [0.29, 0.717) is 0 Å². The van der Waals surface area contributed by atoms with Crippen LogP contribution in [0.4, 0.5) is 9.59 Å². The second-order valence-corrected chi connectivity index (χ2v) is 9.98. The molecular weight excluding hydrogens is 442 g/mol. The third kappa shape index (κ3) is 8.92. The van der Waals surface area contributed by atoms with Crippen molar-refractivity contribution >= 4 is 24.1 Å². The fourth-order valence-corrected chi connectivity index (χ4v) is 3.10. The monoisotopic (exact) mass is 477 g/mol. The Morgan fingerprint density at radius 1 is 0.912 bits per heavy atom. The highest BCUT2D eigenvalue weighted by Crippen LogP contribution is 2.18. The smallest absolute Gasteiger partial charge is 0.411 e. The van der Waals surface area contributed by atoms with E-state index in [-0.39, 0.29) is 32.8 Å². The Morgan fingerprint density at radius 3 is 2.09 bits per heavy atom. The molecule has 1 saturated heterocycles. The van der Waals surface area contributed by atoms with Crippen molar-refractivity contribution in [2.75, 3.05) is 26.2 Å². The Labute approximate surface area is 200 Å². The molecule has 10 nitrogen and oxygen atoms in total. The van der Waals surface area contributed by atoms with Gasteiger partial charge >= 0.3 is 18.2 Å². The lowest BCUT2D eigenvalue weighted by atomic mass is 10.1. The third-order valence-electron chi connectivity index (χ3n) is 4.61. The van der Waals surface area contributed by atoms with Crippen LogP contribution in [0.1, 0.15) is 47.1 Å². The minimum atomic E-state index is -1.06. The normalized spacial score (nSPS) is 16.5. The maximum Gasteiger partial charge on any atom is 0.411 e. The van der Waals surface area contributed by atoms with Gasteiger partial charge in [0.1, 0.15) is 30.4 Å². The van der Waals surface area contributed by atoms with Crippen LogP contribution in [0, 0.1) is 0 Å². The molecule has 3 amide bonds. The summed E-state index contributed by atoms with van der Waals surface area (Å²) in [5, 5.41) is 2.50. The second-order valence-electron chi connectivity index (χ2n) is 9.98. The number of carbonyl (C=O) groups is 4. The Balaban J connectivity index is 2.03. The van der Waals surface area contributed by atoms with E-state index in [0.717, 1.165) is 5.56 Å². The predicted octanol–water partition coefficient (Wildman–Crippen LogP) is 2.70. The van der Waals surface area contributed by atoms with Crippen LogP contribution < -0.4 is 5.32 Å². The number of nitrogens with zero attached hydrogens (tertiary/aromatic N) is 2. The van der Waals surface area contributed by atoms with Gasteiger partial charge in [-0.25, -0.2) is 9.59 Å². The first-order valence-corrected chi connectivity index (χ1v) is 11.2. The molecule has 2 rings (SSSR count). The number of amides is 3. The van der Waals surface area contributed by atoms with E-state index in [1.807, 2.05) is 30.3 Å². The Hall–Kier alpha value is -3.30. The van der Waals surface area contributed by atoms with Gasteiger partial charge in [-0.3, -0.25) is 14.5 Å². The molecule has 1 atom stereocenters. The van der Waals surface area contributed by atoms with Crippen molar-refractivity contribution in [2.45, 2.75) is 65.4 Å². The van der Waals surface area contributed by atoms with Gasteiger partial charge in [0.05, 0.1) is 6.54 Å². The van der Waals surface area contributed by atoms with Gasteiger partial charge in [0.25, 0.3) is 0 Å². The lowest BCUT2D eigenvalue weighted by Crippen LogP contribution is -2.62. The molecule has 0 aliphatic carbocycles. The average molecular weight is 478 g/mol. The summed E-state index contributed by atoms with van der Waals surface area (Å²) in [5.74, 6) is -1.23. The first kappa shape index (κ1) is 26.9. The minimum absolute atomic E-state index is 0.0741. The molecule has 1 aliphatic heterocycles. The first-order chi connectivity index (χ1) is 15.7. The molecule has 0 saturated carbocycles. The average Bonchev–Trinajstić information content (AvgIpc) is 2.74. The first-order valence-electron chi connectivity index (χ1n) is 11.2. The van der Waals surface area contributed by atoms with Gasteiger partial charge in [-0.1, -0.05) is 30.3 Å². The van der Waals surface area contributed by atoms with Crippen LogP contribution in [-0.2, 0) is 30.4 Å². The summed E-state index contributed by atoms with van der Waals surface area (Å²) in [6.07, 6.45) is -1.26. The highest BCUT2D eigenvalue weighted by Gasteiger charge is 2.40. The van der Waals surface area contributed by atoms with E-state index in [2.05, 4.69) is 5.32 Å². The topological polar surface area (TPSA) is 114 Å². The summed E-state index contributed by atoms with van der Waals surface area (Å²) in [5.41, 5.74) is -0.653. The lowest BCUT2D eigenvalue weighted by molar-refractivity contribution is -0.145. The van der Waals surface area contributed by atoms with Gasteiger partial charge in [-0.05, 0) is 47.1 Å². The van der Waals surface area contributed by atoms with Gasteiger partial charge in [0.15, 0.2) is 0 Å². The standard InChI is InChI=1S/C24H35N3O7/c1-23(2,3)33-21(30)26-12-13-27(22(31)34-24(4,5)6)18(15-26)20(29)25-14-19(28)32-16-17-10-8-7-9-11-17/h7-11,18H,12-16H2,1-6H3,(H,25,29)/t18-/m1/s1. The van der Waals surface area contributed by atoms with Crippen LogP contribution in [-0.4, -0.2) is 77.3 Å². The zero-order valence-electron chi connectivity index (χ0n) is 20.8. The third-order valence-corrected chi connectivity index (χ3v) is 4.61. The van der Waals surface area contributed by atoms with Crippen molar-refractivity contribution in [1.82, 2.24) is 15.1 Å². The highest BCUT2D eigenvalue weighted by atomic mass is 16.6. The summed E-state index contributed by atoms with van der Waals surface area (Å²) in [6.45, 7) is 10.2. The largest absolute Gasteiger partial charge is 0.460 e. The number of rotatable bonds is 5. The minimum Gasteiger partial charge on any atom is -0.460 e. The van der Waals surface area contributed by atoms with Crippen molar-refractivity contribution < 1.29 is 33.4 Å².